The van der Waals surface area contributed by atoms with E-state index < -0.39 is 83.1 Å². The van der Waals surface area contributed by atoms with E-state index in [2.05, 4.69) is 6.26 Å². The van der Waals surface area contributed by atoms with Crippen molar-refractivity contribution in [3.8, 4) is 0 Å². The van der Waals surface area contributed by atoms with Gasteiger partial charge in [-0.15, -0.1) is 0 Å². The van der Waals surface area contributed by atoms with Gasteiger partial charge in [0.05, 0.1) is 16.3 Å². The van der Waals surface area contributed by atoms with Crippen molar-refractivity contribution in [2.75, 3.05) is 26.2 Å². The van der Waals surface area contributed by atoms with Gasteiger partial charge in [-0.2, -0.15) is 30.6 Å². The molecule has 0 aromatic rings. The summed E-state index contributed by atoms with van der Waals surface area (Å²) in [6, 6.07) is 0. The quantitative estimate of drug-likeness (QED) is 0.396. The first-order chi connectivity index (χ1) is 12.6. The van der Waals surface area contributed by atoms with Crippen LogP contribution in [0.1, 0.15) is 0 Å². The molecule has 1 heterocycles. The molecule has 20 heteroatoms. The summed E-state index contributed by atoms with van der Waals surface area (Å²) in [6.45, 7) is -4.05. The maximum Gasteiger partial charge on any atom is 0.428 e. The average molecular weight is 497 g/mol. The first-order valence-electron chi connectivity index (χ1n) is 6.72. The van der Waals surface area contributed by atoms with Crippen molar-refractivity contribution in [2.24, 2.45) is 0 Å². The molecule has 11 nitrogen and oxygen atoms in total. The summed E-state index contributed by atoms with van der Waals surface area (Å²) in [7, 11) is -19.8. The van der Waals surface area contributed by atoms with Gasteiger partial charge in [-0.05, 0) is 0 Å². The molecule has 0 spiro atoms. The van der Waals surface area contributed by atoms with E-state index in [9.17, 15) is 61.5 Å². The number of halogens is 6. The zero-order valence-electron chi connectivity index (χ0n) is 13.5. The van der Waals surface area contributed by atoms with E-state index in [0.717, 1.165) is 0 Å². The third-order valence-electron chi connectivity index (χ3n) is 3.42. The monoisotopic (exact) mass is 497 g/mol. The predicted octanol–water partition coefficient (Wildman–Crippen LogP) is -1.20. The van der Waals surface area contributed by atoms with Crippen LogP contribution in [0.15, 0.2) is 0 Å². The minimum absolute atomic E-state index is 0.395. The number of piperazine rings is 1. The number of carbonyl (C=O) groups is 1. The highest BCUT2D eigenvalue weighted by Gasteiger charge is 2.81. The van der Waals surface area contributed by atoms with Crippen molar-refractivity contribution >= 4 is 36.2 Å². The molecule has 1 rings (SSSR count). The molecule has 0 saturated carbocycles. The fraction of sp³-hybridized carbons (Fsp3) is 0.778. The fourth-order valence-corrected chi connectivity index (χ4v) is 5.36. The van der Waals surface area contributed by atoms with Crippen LogP contribution < -0.4 is 5.11 Å². The molecule has 1 saturated heterocycles. The lowest BCUT2D eigenvalue weighted by molar-refractivity contribution is -0.266. The van der Waals surface area contributed by atoms with Gasteiger partial charge in [0, 0.05) is 26.2 Å². The number of rotatable bonds is 7. The van der Waals surface area contributed by atoms with Crippen molar-refractivity contribution in [1.82, 2.24) is 9.21 Å². The number of carbonyl (C=O) groups excluding carboxylic acids is 1. The Hall–Kier alpha value is -1.38. The summed E-state index contributed by atoms with van der Waals surface area (Å²) in [5.41, 5.74) is 0. The van der Waals surface area contributed by atoms with Crippen LogP contribution in [0, 0.1) is 6.26 Å². The molecule has 0 aromatic heterocycles. The summed E-state index contributed by atoms with van der Waals surface area (Å²) >= 11 is 0. The number of sulfonamides is 3. The van der Waals surface area contributed by atoms with E-state index in [4.69, 9.17) is 0 Å². The Balaban J connectivity index is 3.36. The molecule has 2 radical (unpaired) electrons. The Labute approximate surface area is 160 Å². The Kier molecular flexibility index (Phi) is 6.54. The molecule has 1 aliphatic heterocycles. The molecule has 0 bridgehead atoms. The SMILES string of the molecule is [CH]S(=O)(=O)[N-]S(=O)(=O)C(F)(F)C(F)(F)C(F)(F)S(=O)(=O)N1CCN(C(=O)[O-])CC1. The van der Waals surface area contributed by atoms with Crippen molar-refractivity contribution in [1.29, 1.82) is 0 Å². The van der Waals surface area contributed by atoms with Crippen molar-refractivity contribution in [3.63, 3.8) is 0 Å². The summed E-state index contributed by atoms with van der Waals surface area (Å²) in [4.78, 5) is 11.0. The van der Waals surface area contributed by atoms with E-state index in [1.54, 1.807) is 0 Å². The van der Waals surface area contributed by atoms with Crippen LogP contribution >= 0.6 is 0 Å². The second kappa shape index (κ2) is 7.39. The molecular formula is C9H9F6N3O8S3-2. The normalized spacial score (nSPS) is 18.7. The largest absolute Gasteiger partial charge is 0.530 e. The number of alkyl halides is 6. The first kappa shape index (κ1) is 25.7. The van der Waals surface area contributed by atoms with Crippen LogP contribution in [0.5, 0.6) is 0 Å². The molecule has 0 atom stereocenters. The van der Waals surface area contributed by atoms with Gasteiger partial charge >= 0.3 is 16.4 Å². The van der Waals surface area contributed by atoms with Gasteiger partial charge in [0.25, 0.3) is 10.0 Å². The van der Waals surface area contributed by atoms with Gasteiger partial charge in [0.1, 0.15) is 6.09 Å². The Morgan fingerprint density at radius 2 is 1.28 bits per heavy atom. The minimum Gasteiger partial charge on any atom is -0.530 e. The van der Waals surface area contributed by atoms with Crippen LogP contribution in [-0.2, 0) is 30.1 Å². The van der Waals surface area contributed by atoms with Crippen LogP contribution in [-0.4, -0.2) is 83.2 Å². The molecule has 170 valence electrons. The van der Waals surface area contributed by atoms with E-state index >= 15 is 0 Å². The molecule has 0 unspecified atom stereocenters. The second-order valence-corrected chi connectivity index (χ2v) is 10.4. The van der Waals surface area contributed by atoms with Gasteiger partial charge in [-0.1, -0.05) is 0 Å². The zero-order valence-corrected chi connectivity index (χ0v) is 16.0. The number of hydrogen-bond acceptors (Lipinski definition) is 8. The van der Waals surface area contributed by atoms with Crippen LogP contribution in [0.2, 0.25) is 0 Å². The summed E-state index contributed by atoms with van der Waals surface area (Å²) in [5, 5.41) is -3.26. The van der Waals surface area contributed by atoms with E-state index in [1.165, 1.54) is 4.13 Å². The lowest BCUT2D eigenvalue weighted by Gasteiger charge is -2.40. The van der Waals surface area contributed by atoms with Gasteiger partial charge < -0.3 is 18.9 Å². The maximum absolute atomic E-state index is 14.0. The molecule has 0 N–H and O–H groups in total. The van der Waals surface area contributed by atoms with Crippen molar-refractivity contribution < 1.29 is 61.5 Å². The molecule has 0 aliphatic carbocycles. The highest BCUT2D eigenvalue weighted by atomic mass is 32.3. The van der Waals surface area contributed by atoms with Gasteiger partial charge in [0.2, 0.25) is 0 Å². The topological polar surface area (TPSA) is 163 Å². The fourth-order valence-electron chi connectivity index (χ4n) is 1.95. The third-order valence-corrected chi connectivity index (χ3v) is 7.89. The standard InChI is InChI=1S/C9H10F6N3O8S3/c1-27(21,22)16-28(23,24)8(12,13)7(10,11)9(14,15)29(25,26)18-4-2-17(3-5-18)6(19)20/h1H,2-5H2,(H,19,20)/q-1/p-1. The lowest BCUT2D eigenvalue weighted by atomic mass is 10.3. The predicted molar refractivity (Wildman–Crippen MR) is 77.8 cm³/mol. The summed E-state index contributed by atoms with van der Waals surface area (Å²) < 4.78 is 150. The van der Waals surface area contributed by atoms with Crippen LogP contribution in [0.25, 0.3) is 4.13 Å². The third kappa shape index (κ3) is 4.39. The number of nitrogens with zero attached hydrogens (tertiary/aromatic N) is 3. The Bertz CT molecular complexity index is 973. The molecular weight excluding hydrogens is 488 g/mol. The highest BCUT2D eigenvalue weighted by molar-refractivity contribution is 8.13. The van der Waals surface area contributed by atoms with Crippen LogP contribution in [0.4, 0.5) is 31.1 Å². The van der Waals surface area contributed by atoms with E-state index in [1.807, 2.05) is 0 Å². The van der Waals surface area contributed by atoms with E-state index in [-0.39, 0.29) is 0 Å². The number of hydrogen-bond donors (Lipinski definition) is 0. The molecule has 1 amide bonds. The van der Waals surface area contributed by atoms with Gasteiger partial charge in [-0.3, -0.25) is 0 Å². The summed E-state index contributed by atoms with van der Waals surface area (Å²) in [5.74, 6) is -7.22. The zero-order chi connectivity index (χ0) is 23.3. The molecule has 1 aliphatic rings. The molecule has 0 aromatic carbocycles. The van der Waals surface area contributed by atoms with Gasteiger partial charge in [0.15, 0.2) is 10.0 Å². The number of amides is 1. The highest BCUT2D eigenvalue weighted by Crippen LogP contribution is 2.52. The first-order valence-corrected chi connectivity index (χ1v) is 11.1. The smallest absolute Gasteiger partial charge is 0.428 e. The maximum atomic E-state index is 14.0. The molecule has 1 fully saturated rings. The van der Waals surface area contributed by atoms with E-state index in [0.29, 0.717) is 4.90 Å². The second-order valence-electron chi connectivity index (χ2n) is 5.33. The number of carboxylic acid groups (broad SMARTS) is 1. The van der Waals surface area contributed by atoms with Crippen LogP contribution in [0.3, 0.4) is 0 Å². The Morgan fingerprint density at radius 3 is 1.62 bits per heavy atom. The minimum atomic E-state index is -7.30. The lowest BCUT2D eigenvalue weighted by Crippen LogP contribution is -2.65. The average Bonchev–Trinajstić information content (AvgIpc) is 2.51. The van der Waals surface area contributed by atoms with Gasteiger partial charge in [-0.25, -0.2) is 25.3 Å². The Morgan fingerprint density at radius 1 is 0.862 bits per heavy atom. The molecule has 29 heavy (non-hydrogen) atoms. The van der Waals surface area contributed by atoms with Crippen molar-refractivity contribution in [3.05, 3.63) is 10.4 Å². The summed E-state index contributed by atoms with van der Waals surface area (Å²) in [6.07, 6.45) is 2.13. The van der Waals surface area contributed by atoms with Crippen molar-refractivity contribution in [2.45, 2.75) is 16.4 Å².